The molecule has 4 nitrogen and oxygen atoms in total. The maximum absolute atomic E-state index is 11.9. The van der Waals surface area contributed by atoms with Crippen molar-refractivity contribution < 1.29 is 34.4 Å². The van der Waals surface area contributed by atoms with Crippen LogP contribution >= 0.6 is 0 Å². The molecule has 0 amide bonds. The number of halogens is 4. The predicted octanol–water partition coefficient (Wildman–Crippen LogP) is 0.626. The number of sulfone groups is 2. The standard InChI is InChI=1S/C7H6F2O2S.C7H5F2O2S.2BH4/c2*8-7(9)12(10,11)6-4-2-1-3-5-6;;/h1-5,7H;1-5H;2*1H4/q;3*-1. The predicted molar refractivity (Wildman–Crippen MR) is 101 cm³/mol. The van der Waals surface area contributed by atoms with Gasteiger partial charge in [-0.2, -0.15) is 8.78 Å². The van der Waals surface area contributed by atoms with Gasteiger partial charge in [0.25, 0.3) is 0 Å². The van der Waals surface area contributed by atoms with Crippen molar-refractivity contribution in [3.05, 3.63) is 66.4 Å². The summed E-state index contributed by atoms with van der Waals surface area (Å²) in [5.74, 6) is -5.92. The normalized spacial score (nSPS) is 11.0. The second-order valence-corrected chi connectivity index (χ2v) is 7.87. The summed E-state index contributed by atoms with van der Waals surface area (Å²) in [7, 11) is -8.90. The molecular formula is C14H19B2F4O4S2-3. The lowest BCUT2D eigenvalue weighted by Crippen LogP contribution is -2.10. The van der Waals surface area contributed by atoms with Gasteiger partial charge in [0.15, 0.2) is 0 Å². The van der Waals surface area contributed by atoms with Crippen LogP contribution in [-0.4, -0.2) is 39.4 Å². The maximum Gasteiger partial charge on any atom is 0.341 e. The molecule has 148 valence electrons. The van der Waals surface area contributed by atoms with Gasteiger partial charge in [-0.05, 0) is 24.3 Å². The van der Waals surface area contributed by atoms with Crippen molar-refractivity contribution in [3.8, 4) is 0 Å². The summed E-state index contributed by atoms with van der Waals surface area (Å²) in [5, 5.41) is 0. The van der Waals surface area contributed by atoms with Gasteiger partial charge in [-0.15, -0.1) is 0 Å². The van der Waals surface area contributed by atoms with Crippen molar-refractivity contribution in [3.63, 3.8) is 0 Å². The van der Waals surface area contributed by atoms with Crippen LogP contribution in [0.4, 0.5) is 17.6 Å². The van der Waals surface area contributed by atoms with E-state index in [1.165, 1.54) is 24.3 Å². The summed E-state index contributed by atoms with van der Waals surface area (Å²) in [6.45, 7) is 0. The van der Waals surface area contributed by atoms with E-state index in [2.05, 4.69) is 0 Å². The van der Waals surface area contributed by atoms with E-state index in [4.69, 9.17) is 0 Å². The largest absolute Gasteiger partial charge is 0.403 e. The molecule has 2 aromatic carbocycles. The average molecular weight is 413 g/mol. The highest BCUT2D eigenvalue weighted by Gasteiger charge is 2.25. The van der Waals surface area contributed by atoms with E-state index in [1.54, 1.807) is 12.1 Å². The van der Waals surface area contributed by atoms with Crippen molar-refractivity contribution in [2.24, 2.45) is 0 Å². The van der Waals surface area contributed by atoms with E-state index >= 15 is 0 Å². The molecule has 0 saturated carbocycles. The van der Waals surface area contributed by atoms with Gasteiger partial charge in [-0.1, -0.05) is 53.2 Å². The summed E-state index contributed by atoms with van der Waals surface area (Å²) in [6, 6.07) is 13.2. The summed E-state index contributed by atoms with van der Waals surface area (Å²) in [5.41, 5.74) is 0. The van der Waals surface area contributed by atoms with Crippen LogP contribution in [0.25, 0.3) is 0 Å². The molecule has 0 aromatic heterocycles. The Bertz CT molecular complexity index is 774. The fourth-order valence-electron chi connectivity index (χ4n) is 1.40. The molecule has 0 bridgehead atoms. The SMILES string of the molecule is O=S(=O)(c1ccccc1)C(F)F.O=S(=O)(c1ccccc1)[C-](F)F.[BH4-].[BH4-]. The van der Waals surface area contributed by atoms with Gasteiger partial charge in [-0.3, -0.25) is 8.42 Å². The first-order chi connectivity index (χ1) is 11.1. The third kappa shape index (κ3) is 6.83. The molecule has 0 atom stereocenters. The third-order valence-electron chi connectivity index (χ3n) is 2.56. The minimum Gasteiger partial charge on any atom is -0.403 e. The molecule has 0 heterocycles. The Balaban J connectivity index is 0. The molecule has 2 aromatic rings. The van der Waals surface area contributed by atoms with E-state index in [0.29, 0.717) is 0 Å². The first kappa shape index (κ1) is 26.4. The molecule has 0 aliphatic carbocycles. The lowest BCUT2D eigenvalue weighted by Gasteiger charge is -2.11. The molecule has 0 spiro atoms. The zero-order valence-electron chi connectivity index (χ0n) is 11.8. The number of benzene rings is 2. The van der Waals surface area contributed by atoms with E-state index in [0.717, 1.165) is 24.3 Å². The minimum absolute atomic E-state index is 0. The van der Waals surface area contributed by atoms with Crippen LogP contribution in [0.2, 0.25) is 0 Å². The van der Waals surface area contributed by atoms with E-state index in [9.17, 15) is 34.4 Å². The Hall–Kier alpha value is -1.81. The van der Waals surface area contributed by atoms with Crippen molar-refractivity contribution in [2.45, 2.75) is 15.5 Å². The van der Waals surface area contributed by atoms with Crippen molar-refractivity contribution >= 4 is 36.5 Å². The van der Waals surface area contributed by atoms with Crippen LogP contribution in [-0.2, 0) is 19.7 Å². The zero-order valence-corrected chi connectivity index (χ0v) is 13.4. The van der Waals surface area contributed by atoms with E-state index in [-0.39, 0.29) is 26.6 Å². The topological polar surface area (TPSA) is 68.3 Å². The number of hydrogen-bond donors (Lipinski definition) is 0. The summed E-state index contributed by atoms with van der Waals surface area (Å²) in [6.07, 6.45) is 0. The second-order valence-electron chi connectivity index (χ2n) is 4.16. The smallest absolute Gasteiger partial charge is 0.341 e. The molecular weight excluding hydrogens is 394 g/mol. The molecule has 12 heteroatoms. The lowest BCUT2D eigenvalue weighted by atomic mass is 10.4. The quantitative estimate of drug-likeness (QED) is 0.419. The van der Waals surface area contributed by atoms with Crippen LogP contribution in [0.5, 0.6) is 0 Å². The molecule has 0 fully saturated rings. The fraction of sp³-hybridized carbons (Fsp3) is 0.0714. The maximum atomic E-state index is 11.9. The van der Waals surface area contributed by atoms with Gasteiger partial charge in [0.1, 0.15) is 15.6 Å². The van der Waals surface area contributed by atoms with Crippen LogP contribution in [0.15, 0.2) is 70.5 Å². The highest BCUT2D eigenvalue weighted by molar-refractivity contribution is 7.93. The summed E-state index contributed by atoms with van der Waals surface area (Å²) >= 11 is 0. The molecule has 2 rings (SSSR count). The Morgan fingerprint density at radius 2 is 1.04 bits per heavy atom. The Morgan fingerprint density at radius 1 is 0.692 bits per heavy atom. The number of hydrogen-bond acceptors (Lipinski definition) is 4. The van der Waals surface area contributed by atoms with Gasteiger partial charge in [0, 0.05) is 4.90 Å². The Labute approximate surface area is 153 Å². The summed E-state index contributed by atoms with van der Waals surface area (Å²) in [4.78, 5) is -0.731. The molecule has 0 aliphatic heterocycles. The van der Waals surface area contributed by atoms with Crippen molar-refractivity contribution in [1.29, 1.82) is 0 Å². The van der Waals surface area contributed by atoms with Crippen LogP contribution in [0.1, 0.15) is 0 Å². The first-order valence-corrected chi connectivity index (χ1v) is 9.18. The van der Waals surface area contributed by atoms with Crippen LogP contribution in [0.3, 0.4) is 0 Å². The Kier molecular flexibility index (Phi) is 11.2. The van der Waals surface area contributed by atoms with E-state index in [1.807, 2.05) is 0 Å². The van der Waals surface area contributed by atoms with Gasteiger partial charge in [-0.25, -0.2) is 8.42 Å². The van der Waals surface area contributed by atoms with Crippen molar-refractivity contribution in [2.75, 3.05) is 0 Å². The van der Waals surface area contributed by atoms with Crippen molar-refractivity contribution in [1.82, 2.24) is 0 Å². The molecule has 0 saturated heterocycles. The molecule has 0 radical (unpaired) electrons. The van der Waals surface area contributed by atoms with Gasteiger partial charge >= 0.3 is 5.76 Å². The fourth-order valence-corrected chi connectivity index (χ4v) is 2.84. The number of rotatable bonds is 4. The lowest BCUT2D eigenvalue weighted by molar-refractivity contribution is 0.234. The number of alkyl halides is 2. The van der Waals surface area contributed by atoms with Gasteiger partial charge in [0.05, 0.1) is 4.90 Å². The average Bonchev–Trinajstić information content (AvgIpc) is 2.56. The molecule has 0 N–H and O–H groups in total. The first-order valence-electron chi connectivity index (χ1n) is 6.15. The molecule has 0 unspecified atom stereocenters. The third-order valence-corrected chi connectivity index (χ3v) is 5.26. The minimum atomic E-state index is -4.49. The van der Waals surface area contributed by atoms with Crippen LogP contribution in [0, 0.1) is 5.76 Å². The Morgan fingerprint density at radius 3 is 1.35 bits per heavy atom. The van der Waals surface area contributed by atoms with E-state index < -0.39 is 31.2 Å². The monoisotopic (exact) mass is 413 g/mol. The zero-order chi connectivity index (χ0) is 18.4. The summed E-state index contributed by atoms with van der Waals surface area (Å²) < 4.78 is 90.5. The highest BCUT2D eigenvalue weighted by Crippen LogP contribution is 2.22. The molecule has 26 heavy (non-hydrogen) atoms. The second kappa shape index (κ2) is 11.0. The molecule has 0 aliphatic rings. The van der Waals surface area contributed by atoms with Gasteiger partial charge in [0.2, 0.25) is 9.84 Å². The highest BCUT2D eigenvalue weighted by atomic mass is 32.2. The van der Waals surface area contributed by atoms with Crippen LogP contribution < -0.4 is 0 Å². The van der Waals surface area contributed by atoms with Gasteiger partial charge < -0.3 is 8.78 Å².